The van der Waals surface area contributed by atoms with Crippen LogP contribution < -0.4 is 5.32 Å². The maximum atomic E-state index is 12.4. The molecule has 1 amide bonds. The number of carbonyl (C=O) groups excluding carboxylic acids is 1. The summed E-state index contributed by atoms with van der Waals surface area (Å²) in [7, 11) is 0. The van der Waals surface area contributed by atoms with Crippen LogP contribution in [0.3, 0.4) is 0 Å². The Labute approximate surface area is 156 Å². The first kappa shape index (κ1) is 16.7. The van der Waals surface area contributed by atoms with Crippen LogP contribution in [0, 0.1) is 6.92 Å². The summed E-state index contributed by atoms with van der Waals surface area (Å²) in [4.78, 5) is 20.9. The number of rotatable bonds is 4. The number of aryl methyl sites for hydroxylation is 1. The second-order valence-corrected chi connectivity index (χ2v) is 6.10. The summed E-state index contributed by atoms with van der Waals surface area (Å²) in [5, 5.41) is 10.1. The Hall–Kier alpha value is -3.80. The fourth-order valence-corrected chi connectivity index (χ4v) is 2.72. The van der Waals surface area contributed by atoms with Crippen molar-refractivity contribution in [2.45, 2.75) is 6.92 Å². The minimum absolute atomic E-state index is 0.181. The van der Waals surface area contributed by atoms with Crippen LogP contribution in [0.15, 0.2) is 73.1 Å². The van der Waals surface area contributed by atoms with Crippen molar-refractivity contribution >= 4 is 11.6 Å². The molecule has 0 aliphatic rings. The molecule has 0 saturated heterocycles. The third-order valence-electron chi connectivity index (χ3n) is 4.22. The first-order valence-electron chi connectivity index (χ1n) is 8.51. The van der Waals surface area contributed by atoms with Crippen molar-refractivity contribution in [3.05, 3.63) is 84.2 Å². The molecule has 0 radical (unpaired) electrons. The van der Waals surface area contributed by atoms with Crippen LogP contribution in [-0.4, -0.2) is 26.1 Å². The fraction of sp³-hybridized carbons (Fsp3) is 0.0476. The predicted molar refractivity (Wildman–Crippen MR) is 104 cm³/mol. The van der Waals surface area contributed by atoms with E-state index in [2.05, 4.69) is 25.5 Å². The molecule has 0 saturated carbocycles. The summed E-state index contributed by atoms with van der Waals surface area (Å²) < 4.78 is 0. The molecule has 0 fully saturated rings. The number of carbonyl (C=O) groups is 1. The molecular weight excluding hydrogens is 338 g/mol. The molecule has 0 aliphatic heterocycles. The second-order valence-electron chi connectivity index (χ2n) is 6.10. The van der Waals surface area contributed by atoms with Gasteiger partial charge in [-0.2, -0.15) is 5.10 Å². The largest absolute Gasteiger partial charge is 0.322 e. The van der Waals surface area contributed by atoms with Gasteiger partial charge in [0, 0.05) is 29.2 Å². The van der Waals surface area contributed by atoms with Crippen LogP contribution in [0.2, 0.25) is 0 Å². The summed E-state index contributed by atoms with van der Waals surface area (Å²) in [6.07, 6.45) is 3.24. The third-order valence-corrected chi connectivity index (χ3v) is 4.22. The average Bonchev–Trinajstić information content (AvgIpc) is 3.20. The molecule has 27 heavy (non-hydrogen) atoms. The number of nitrogens with one attached hydrogen (secondary N) is 2. The van der Waals surface area contributed by atoms with Gasteiger partial charge in [0.05, 0.1) is 5.56 Å². The van der Waals surface area contributed by atoms with Gasteiger partial charge in [-0.3, -0.25) is 14.9 Å². The SMILES string of the molecule is Cc1ccncc1C(=O)Nc1ccc(-c2nc(-c3ccccc3)n[nH]2)cc1. The van der Waals surface area contributed by atoms with Gasteiger partial charge in [0.25, 0.3) is 5.91 Å². The molecule has 0 spiro atoms. The highest BCUT2D eigenvalue weighted by atomic mass is 16.1. The van der Waals surface area contributed by atoms with Crippen molar-refractivity contribution in [2.24, 2.45) is 0 Å². The number of anilines is 1. The van der Waals surface area contributed by atoms with E-state index < -0.39 is 0 Å². The minimum atomic E-state index is -0.181. The fourth-order valence-electron chi connectivity index (χ4n) is 2.72. The molecule has 2 aromatic heterocycles. The van der Waals surface area contributed by atoms with Crippen molar-refractivity contribution in [2.75, 3.05) is 5.32 Å². The lowest BCUT2D eigenvalue weighted by Crippen LogP contribution is -2.13. The van der Waals surface area contributed by atoms with E-state index in [1.165, 1.54) is 0 Å². The second kappa shape index (κ2) is 7.21. The smallest absolute Gasteiger partial charge is 0.257 e. The van der Waals surface area contributed by atoms with E-state index >= 15 is 0 Å². The number of aromatic nitrogens is 4. The standard InChI is InChI=1S/C21H17N5O/c1-14-11-12-22-13-18(14)21(27)23-17-9-7-16(8-10-17)20-24-19(25-26-20)15-5-3-2-4-6-15/h2-13H,1H3,(H,23,27)(H,24,25,26). The summed E-state index contributed by atoms with van der Waals surface area (Å²) in [6, 6.07) is 19.1. The van der Waals surface area contributed by atoms with Crippen molar-refractivity contribution in [3.8, 4) is 22.8 Å². The minimum Gasteiger partial charge on any atom is -0.322 e. The lowest BCUT2D eigenvalue weighted by molar-refractivity contribution is 0.102. The Bertz CT molecular complexity index is 1070. The van der Waals surface area contributed by atoms with Crippen LogP contribution in [0.5, 0.6) is 0 Å². The maximum Gasteiger partial charge on any atom is 0.257 e. The molecule has 0 atom stereocenters. The Balaban J connectivity index is 1.50. The monoisotopic (exact) mass is 355 g/mol. The highest BCUT2D eigenvalue weighted by Gasteiger charge is 2.10. The Morgan fingerprint density at radius 2 is 1.74 bits per heavy atom. The number of pyridine rings is 1. The predicted octanol–water partition coefficient (Wildman–Crippen LogP) is 4.09. The highest BCUT2D eigenvalue weighted by Crippen LogP contribution is 2.21. The number of aromatic amines is 1. The van der Waals surface area contributed by atoms with Crippen molar-refractivity contribution in [1.29, 1.82) is 0 Å². The highest BCUT2D eigenvalue weighted by molar-refractivity contribution is 6.05. The zero-order valence-corrected chi connectivity index (χ0v) is 14.7. The Morgan fingerprint density at radius 3 is 2.48 bits per heavy atom. The van der Waals surface area contributed by atoms with Gasteiger partial charge in [-0.1, -0.05) is 30.3 Å². The van der Waals surface area contributed by atoms with Gasteiger partial charge >= 0.3 is 0 Å². The molecule has 0 bridgehead atoms. The van der Waals surface area contributed by atoms with Crippen molar-refractivity contribution in [1.82, 2.24) is 20.2 Å². The number of hydrogen-bond acceptors (Lipinski definition) is 4. The topological polar surface area (TPSA) is 83.6 Å². The van der Waals surface area contributed by atoms with E-state index in [9.17, 15) is 4.79 Å². The summed E-state index contributed by atoms with van der Waals surface area (Å²) in [5.41, 5.74) is 3.99. The van der Waals surface area contributed by atoms with Crippen LogP contribution >= 0.6 is 0 Å². The number of nitrogens with zero attached hydrogens (tertiary/aromatic N) is 3. The zero-order valence-electron chi connectivity index (χ0n) is 14.7. The van der Waals surface area contributed by atoms with E-state index in [1.54, 1.807) is 12.4 Å². The van der Waals surface area contributed by atoms with Gasteiger partial charge < -0.3 is 5.32 Å². The summed E-state index contributed by atoms with van der Waals surface area (Å²) in [6.45, 7) is 1.88. The van der Waals surface area contributed by atoms with Gasteiger partial charge in [0.15, 0.2) is 11.6 Å². The lowest BCUT2D eigenvalue weighted by atomic mass is 10.1. The maximum absolute atomic E-state index is 12.4. The van der Waals surface area contributed by atoms with E-state index in [0.717, 1.165) is 16.7 Å². The summed E-state index contributed by atoms with van der Waals surface area (Å²) in [5.74, 6) is 1.14. The zero-order chi connectivity index (χ0) is 18.6. The van der Waals surface area contributed by atoms with E-state index in [4.69, 9.17) is 0 Å². The van der Waals surface area contributed by atoms with Crippen LogP contribution in [0.1, 0.15) is 15.9 Å². The normalized spacial score (nSPS) is 10.6. The number of amides is 1. The van der Waals surface area contributed by atoms with E-state index in [1.807, 2.05) is 67.6 Å². The molecule has 2 heterocycles. The number of hydrogen-bond donors (Lipinski definition) is 2. The molecule has 2 N–H and O–H groups in total. The molecule has 2 aromatic carbocycles. The molecule has 132 valence electrons. The van der Waals surface area contributed by atoms with Gasteiger partial charge in [0.2, 0.25) is 0 Å². The van der Waals surface area contributed by atoms with Crippen LogP contribution in [0.25, 0.3) is 22.8 Å². The first-order valence-corrected chi connectivity index (χ1v) is 8.51. The van der Waals surface area contributed by atoms with Gasteiger partial charge in [-0.25, -0.2) is 4.98 Å². The Kier molecular flexibility index (Phi) is 4.45. The molecule has 6 heteroatoms. The third kappa shape index (κ3) is 3.59. The van der Waals surface area contributed by atoms with Gasteiger partial charge in [-0.15, -0.1) is 0 Å². The molecule has 6 nitrogen and oxygen atoms in total. The van der Waals surface area contributed by atoms with Gasteiger partial charge in [0.1, 0.15) is 0 Å². The molecule has 0 unspecified atom stereocenters. The lowest BCUT2D eigenvalue weighted by Gasteiger charge is -2.07. The van der Waals surface area contributed by atoms with Crippen LogP contribution in [-0.2, 0) is 0 Å². The van der Waals surface area contributed by atoms with E-state index in [0.29, 0.717) is 22.9 Å². The summed E-state index contributed by atoms with van der Waals surface area (Å²) >= 11 is 0. The van der Waals surface area contributed by atoms with Crippen LogP contribution in [0.4, 0.5) is 5.69 Å². The quantitative estimate of drug-likeness (QED) is 0.577. The number of benzene rings is 2. The van der Waals surface area contributed by atoms with E-state index in [-0.39, 0.29) is 5.91 Å². The van der Waals surface area contributed by atoms with Gasteiger partial charge in [-0.05, 0) is 42.8 Å². The molecule has 0 aliphatic carbocycles. The van der Waals surface area contributed by atoms with Crippen molar-refractivity contribution < 1.29 is 4.79 Å². The molecular formula is C21H17N5O. The average molecular weight is 355 g/mol. The molecule has 4 aromatic rings. The Morgan fingerprint density at radius 1 is 0.963 bits per heavy atom. The molecule has 4 rings (SSSR count). The van der Waals surface area contributed by atoms with Crippen molar-refractivity contribution in [3.63, 3.8) is 0 Å². The number of H-pyrrole nitrogens is 1. The first-order chi connectivity index (χ1) is 13.2.